The number of hydrogen-bond acceptors (Lipinski definition) is 3. The fourth-order valence-electron chi connectivity index (χ4n) is 1.77. The van der Waals surface area contributed by atoms with Gasteiger partial charge in [0.05, 0.1) is 0 Å². The third-order valence-electron chi connectivity index (χ3n) is 2.77. The van der Waals surface area contributed by atoms with E-state index in [1.54, 1.807) is 0 Å². The van der Waals surface area contributed by atoms with Gasteiger partial charge in [0.1, 0.15) is 5.60 Å². The van der Waals surface area contributed by atoms with Crippen molar-refractivity contribution in [2.45, 2.75) is 45.8 Å². The Hall–Kier alpha value is -1.55. The summed E-state index contributed by atoms with van der Waals surface area (Å²) in [5.74, 6) is 0. The number of amides is 1. The van der Waals surface area contributed by atoms with Crippen molar-refractivity contribution in [3.05, 3.63) is 35.9 Å². The van der Waals surface area contributed by atoms with Gasteiger partial charge in [0, 0.05) is 12.6 Å². The van der Waals surface area contributed by atoms with Crippen molar-refractivity contribution in [1.82, 2.24) is 10.6 Å². The number of carbonyl (C=O) groups excluding carboxylic acids is 1. The second-order valence-electron chi connectivity index (χ2n) is 5.87. The summed E-state index contributed by atoms with van der Waals surface area (Å²) in [6.45, 7) is 9.17. The van der Waals surface area contributed by atoms with Crippen molar-refractivity contribution in [3.63, 3.8) is 0 Å². The molecular weight excluding hydrogens is 252 g/mol. The van der Waals surface area contributed by atoms with Gasteiger partial charge in [-0.25, -0.2) is 4.79 Å². The topological polar surface area (TPSA) is 50.4 Å². The van der Waals surface area contributed by atoms with E-state index in [4.69, 9.17) is 4.74 Å². The molecule has 0 fully saturated rings. The normalized spacial score (nSPS) is 12.8. The van der Waals surface area contributed by atoms with Gasteiger partial charge >= 0.3 is 6.09 Å². The van der Waals surface area contributed by atoms with Crippen LogP contribution < -0.4 is 10.6 Å². The van der Waals surface area contributed by atoms with Crippen LogP contribution in [0.15, 0.2) is 30.3 Å². The van der Waals surface area contributed by atoms with Crippen molar-refractivity contribution < 1.29 is 9.53 Å². The van der Waals surface area contributed by atoms with Crippen LogP contribution >= 0.6 is 0 Å². The average Bonchev–Trinajstić information content (AvgIpc) is 2.37. The number of carbonyl (C=O) groups is 1. The summed E-state index contributed by atoms with van der Waals surface area (Å²) in [4.78, 5) is 11.4. The minimum absolute atomic E-state index is 0.317. The Morgan fingerprint density at radius 3 is 2.45 bits per heavy atom. The number of hydrogen-bond donors (Lipinski definition) is 2. The average molecular weight is 278 g/mol. The standard InChI is InChI=1S/C16H26N2O2/c1-13(14-9-6-5-7-10-14)17-11-8-12-18-15(19)20-16(2,3)4/h5-7,9-10,13,17H,8,11-12H2,1-4H3,(H,18,19)/t13-/m1/s1. The van der Waals surface area contributed by atoms with Gasteiger partial charge in [-0.2, -0.15) is 0 Å². The molecule has 4 heteroatoms. The predicted octanol–water partition coefficient (Wildman–Crippen LogP) is 3.25. The van der Waals surface area contributed by atoms with Gasteiger partial charge in [0.15, 0.2) is 0 Å². The molecular formula is C16H26N2O2. The lowest BCUT2D eigenvalue weighted by molar-refractivity contribution is 0.0527. The van der Waals surface area contributed by atoms with Gasteiger partial charge in [0.2, 0.25) is 0 Å². The first kappa shape index (κ1) is 16.5. The molecule has 112 valence electrons. The molecule has 1 aromatic rings. The monoisotopic (exact) mass is 278 g/mol. The molecule has 0 bridgehead atoms. The summed E-state index contributed by atoms with van der Waals surface area (Å²) in [6.07, 6.45) is 0.518. The fourth-order valence-corrected chi connectivity index (χ4v) is 1.77. The molecule has 0 heterocycles. The number of ether oxygens (including phenoxy) is 1. The SMILES string of the molecule is C[C@@H](NCCCNC(=O)OC(C)(C)C)c1ccccc1. The van der Waals surface area contributed by atoms with Crippen molar-refractivity contribution in [3.8, 4) is 0 Å². The van der Waals surface area contributed by atoms with Crippen LogP contribution in [0.4, 0.5) is 4.79 Å². The Kier molecular flexibility index (Phi) is 6.52. The molecule has 0 saturated carbocycles. The fraction of sp³-hybridized carbons (Fsp3) is 0.562. The predicted molar refractivity (Wildman–Crippen MR) is 81.7 cm³/mol. The van der Waals surface area contributed by atoms with Gasteiger partial charge in [-0.15, -0.1) is 0 Å². The van der Waals surface area contributed by atoms with Gasteiger partial charge < -0.3 is 15.4 Å². The quantitative estimate of drug-likeness (QED) is 0.785. The third-order valence-corrected chi connectivity index (χ3v) is 2.77. The van der Waals surface area contributed by atoms with Crippen molar-refractivity contribution >= 4 is 6.09 Å². The van der Waals surface area contributed by atoms with Crippen LogP contribution in [0.1, 0.15) is 45.7 Å². The van der Waals surface area contributed by atoms with E-state index < -0.39 is 5.60 Å². The Balaban J connectivity index is 2.12. The van der Waals surface area contributed by atoms with Crippen molar-refractivity contribution in [2.75, 3.05) is 13.1 Å². The number of benzene rings is 1. The zero-order valence-electron chi connectivity index (χ0n) is 12.9. The zero-order valence-corrected chi connectivity index (χ0v) is 12.9. The molecule has 0 spiro atoms. The van der Waals surface area contributed by atoms with E-state index in [9.17, 15) is 4.79 Å². The summed E-state index contributed by atoms with van der Waals surface area (Å²) < 4.78 is 5.16. The molecule has 4 nitrogen and oxygen atoms in total. The van der Waals surface area contributed by atoms with E-state index in [0.29, 0.717) is 12.6 Å². The second kappa shape index (κ2) is 7.90. The van der Waals surface area contributed by atoms with Crippen LogP contribution in [-0.4, -0.2) is 24.8 Å². The molecule has 0 unspecified atom stereocenters. The molecule has 2 N–H and O–H groups in total. The highest BCUT2D eigenvalue weighted by Crippen LogP contribution is 2.10. The minimum Gasteiger partial charge on any atom is -0.444 e. The first-order chi connectivity index (χ1) is 9.38. The Morgan fingerprint density at radius 2 is 1.85 bits per heavy atom. The van der Waals surface area contributed by atoms with E-state index in [0.717, 1.165) is 13.0 Å². The highest BCUT2D eigenvalue weighted by atomic mass is 16.6. The third kappa shape index (κ3) is 7.14. The summed E-state index contributed by atoms with van der Waals surface area (Å²) in [5, 5.41) is 6.18. The smallest absolute Gasteiger partial charge is 0.407 e. The van der Waals surface area contributed by atoms with E-state index in [1.807, 2.05) is 39.0 Å². The molecule has 0 saturated heterocycles. The Labute approximate surface area is 121 Å². The van der Waals surface area contributed by atoms with Gasteiger partial charge in [-0.3, -0.25) is 0 Å². The molecule has 1 rings (SSSR count). The summed E-state index contributed by atoms with van der Waals surface area (Å²) in [6, 6.07) is 10.6. The molecule has 1 atom stereocenters. The van der Waals surface area contributed by atoms with Crippen LogP contribution in [0.5, 0.6) is 0 Å². The molecule has 0 aliphatic carbocycles. The van der Waals surface area contributed by atoms with Gasteiger partial charge in [0.25, 0.3) is 0 Å². The summed E-state index contributed by atoms with van der Waals surface area (Å²) in [7, 11) is 0. The maximum Gasteiger partial charge on any atom is 0.407 e. The Bertz CT molecular complexity index is 399. The van der Waals surface area contributed by atoms with Crippen molar-refractivity contribution in [2.24, 2.45) is 0 Å². The largest absolute Gasteiger partial charge is 0.444 e. The molecule has 0 aliphatic heterocycles. The van der Waals surface area contributed by atoms with Crippen LogP contribution in [0.2, 0.25) is 0 Å². The highest BCUT2D eigenvalue weighted by Gasteiger charge is 2.15. The van der Waals surface area contributed by atoms with Gasteiger partial charge in [-0.1, -0.05) is 30.3 Å². The summed E-state index contributed by atoms with van der Waals surface area (Å²) in [5.41, 5.74) is 0.831. The van der Waals surface area contributed by atoms with E-state index in [1.165, 1.54) is 5.56 Å². The van der Waals surface area contributed by atoms with Crippen LogP contribution in [0.25, 0.3) is 0 Å². The number of nitrogens with one attached hydrogen (secondary N) is 2. The Morgan fingerprint density at radius 1 is 1.20 bits per heavy atom. The second-order valence-corrected chi connectivity index (χ2v) is 5.87. The number of rotatable bonds is 6. The molecule has 0 aliphatic rings. The van der Waals surface area contributed by atoms with E-state index in [2.05, 4.69) is 29.7 Å². The van der Waals surface area contributed by atoms with Crippen molar-refractivity contribution in [1.29, 1.82) is 0 Å². The van der Waals surface area contributed by atoms with Crippen LogP contribution in [-0.2, 0) is 4.74 Å². The number of alkyl carbamates (subject to hydrolysis) is 1. The van der Waals surface area contributed by atoms with Crippen LogP contribution in [0.3, 0.4) is 0 Å². The highest BCUT2D eigenvalue weighted by molar-refractivity contribution is 5.67. The maximum absolute atomic E-state index is 11.4. The minimum atomic E-state index is -0.440. The lowest BCUT2D eigenvalue weighted by Gasteiger charge is -2.19. The van der Waals surface area contributed by atoms with Crippen LogP contribution in [0, 0.1) is 0 Å². The molecule has 0 radical (unpaired) electrons. The first-order valence-corrected chi connectivity index (χ1v) is 7.13. The maximum atomic E-state index is 11.4. The zero-order chi connectivity index (χ0) is 15.0. The lowest BCUT2D eigenvalue weighted by Crippen LogP contribution is -2.34. The molecule has 0 aromatic heterocycles. The first-order valence-electron chi connectivity index (χ1n) is 7.13. The molecule has 1 amide bonds. The molecule has 1 aromatic carbocycles. The van der Waals surface area contributed by atoms with E-state index >= 15 is 0 Å². The lowest BCUT2D eigenvalue weighted by atomic mass is 10.1. The molecule has 20 heavy (non-hydrogen) atoms. The summed E-state index contributed by atoms with van der Waals surface area (Å²) >= 11 is 0. The van der Waals surface area contributed by atoms with Gasteiger partial charge in [-0.05, 0) is 46.2 Å². The van der Waals surface area contributed by atoms with E-state index in [-0.39, 0.29) is 6.09 Å².